The van der Waals surface area contributed by atoms with Crippen molar-refractivity contribution in [2.24, 2.45) is 0 Å². The molecular formula is C16H22Cl2N2O3. The smallest absolute Gasteiger partial charge is 0.303 e. The normalized spacial score (nSPS) is 10.8. The number of hydrogen-bond acceptors (Lipinski definition) is 3. The molecule has 7 heteroatoms. The van der Waals surface area contributed by atoms with E-state index in [9.17, 15) is 9.59 Å². The van der Waals surface area contributed by atoms with Crippen LogP contribution in [0.1, 0.15) is 32.6 Å². The summed E-state index contributed by atoms with van der Waals surface area (Å²) in [5.74, 6) is -0.942. The lowest BCUT2D eigenvalue weighted by molar-refractivity contribution is -0.137. The van der Waals surface area contributed by atoms with Crippen LogP contribution < -0.4 is 5.32 Å². The number of rotatable bonds is 10. The average molecular weight is 361 g/mol. The minimum Gasteiger partial charge on any atom is -0.481 e. The highest BCUT2D eigenvalue weighted by molar-refractivity contribution is 6.36. The fourth-order valence-corrected chi connectivity index (χ4v) is 2.64. The van der Waals surface area contributed by atoms with Crippen LogP contribution in [0.5, 0.6) is 0 Å². The molecule has 1 rings (SSSR count). The topological polar surface area (TPSA) is 69.6 Å². The second kappa shape index (κ2) is 10.5. The molecule has 0 unspecified atom stereocenters. The Balaban J connectivity index is 2.48. The first-order valence-electron chi connectivity index (χ1n) is 7.61. The molecule has 128 valence electrons. The van der Waals surface area contributed by atoms with Crippen molar-refractivity contribution in [2.45, 2.75) is 32.6 Å². The molecular weight excluding hydrogens is 339 g/mol. The summed E-state index contributed by atoms with van der Waals surface area (Å²) in [7, 11) is 0. The SMILES string of the molecule is CCCN(CCCCC(=O)O)CC(=O)Nc1ccc(Cl)cc1Cl. The number of carboxylic acids is 1. The number of benzene rings is 1. The number of unbranched alkanes of at least 4 members (excludes halogenated alkanes) is 1. The second-order valence-electron chi connectivity index (χ2n) is 5.30. The van der Waals surface area contributed by atoms with E-state index in [4.69, 9.17) is 28.3 Å². The highest BCUT2D eigenvalue weighted by Crippen LogP contribution is 2.25. The standard InChI is InChI=1S/C16H22Cl2N2O3/c1-2-8-20(9-4-3-5-16(22)23)11-15(21)19-14-7-6-12(17)10-13(14)18/h6-7,10H,2-5,8-9,11H2,1H3,(H,19,21)(H,22,23). The number of anilines is 1. The molecule has 2 N–H and O–H groups in total. The summed E-state index contributed by atoms with van der Waals surface area (Å²) in [4.78, 5) is 24.7. The van der Waals surface area contributed by atoms with Gasteiger partial charge in [-0.25, -0.2) is 0 Å². The van der Waals surface area contributed by atoms with E-state index in [2.05, 4.69) is 5.32 Å². The quantitative estimate of drug-likeness (QED) is 0.620. The first-order chi connectivity index (χ1) is 10.9. The predicted octanol–water partition coefficient (Wildman–Crippen LogP) is 3.90. The number of nitrogens with zero attached hydrogens (tertiary/aromatic N) is 1. The van der Waals surface area contributed by atoms with Gasteiger partial charge in [0.25, 0.3) is 0 Å². The Hall–Kier alpha value is -1.30. The van der Waals surface area contributed by atoms with Crippen LogP contribution in [0.4, 0.5) is 5.69 Å². The Morgan fingerprint density at radius 1 is 1.22 bits per heavy atom. The van der Waals surface area contributed by atoms with Gasteiger partial charge in [-0.15, -0.1) is 0 Å². The molecule has 0 heterocycles. The van der Waals surface area contributed by atoms with E-state index in [0.717, 1.165) is 19.4 Å². The number of hydrogen-bond donors (Lipinski definition) is 2. The number of carbonyl (C=O) groups is 2. The van der Waals surface area contributed by atoms with Crippen LogP contribution in [-0.2, 0) is 9.59 Å². The van der Waals surface area contributed by atoms with E-state index in [1.807, 2.05) is 11.8 Å². The van der Waals surface area contributed by atoms with Gasteiger partial charge in [0, 0.05) is 11.4 Å². The summed E-state index contributed by atoms with van der Waals surface area (Å²) in [6, 6.07) is 4.91. The van der Waals surface area contributed by atoms with Crippen LogP contribution in [0.3, 0.4) is 0 Å². The monoisotopic (exact) mass is 360 g/mol. The van der Waals surface area contributed by atoms with Gasteiger partial charge in [-0.1, -0.05) is 30.1 Å². The van der Waals surface area contributed by atoms with Gasteiger partial charge in [0.1, 0.15) is 0 Å². The second-order valence-corrected chi connectivity index (χ2v) is 6.14. The summed E-state index contributed by atoms with van der Waals surface area (Å²) in [6.45, 7) is 3.77. The molecule has 0 saturated heterocycles. The first-order valence-corrected chi connectivity index (χ1v) is 8.37. The minimum atomic E-state index is -0.790. The zero-order chi connectivity index (χ0) is 17.2. The van der Waals surface area contributed by atoms with Gasteiger partial charge in [0.2, 0.25) is 5.91 Å². The Morgan fingerprint density at radius 2 is 1.96 bits per heavy atom. The third-order valence-electron chi connectivity index (χ3n) is 3.23. The molecule has 0 spiro atoms. The number of amides is 1. The zero-order valence-electron chi connectivity index (χ0n) is 13.1. The third-order valence-corrected chi connectivity index (χ3v) is 3.78. The van der Waals surface area contributed by atoms with Crippen molar-refractivity contribution in [3.63, 3.8) is 0 Å². The van der Waals surface area contributed by atoms with Crippen molar-refractivity contribution in [3.05, 3.63) is 28.2 Å². The van der Waals surface area contributed by atoms with Crippen molar-refractivity contribution >= 4 is 40.8 Å². The van der Waals surface area contributed by atoms with E-state index in [-0.39, 0.29) is 18.9 Å². The maximum absolute atomic E-state index is 12.1. The summed E-state index contributed by atoms with van der Waals surface area (Å²) in [5.41, 5.74) is 0.531. The minimum absolute atomic E-state index is 0.152. The van der Waals surface area contributed by atoms with Crippen LogP contribution in [0, 0.1) is 0 Å². The molecule has 1 aromatic rings. The predicted molar refractivity (Wildman–Crippen MR) is 93.3 cm³/mol. The Labute approximate surface area is 146 Å². The molecule has 0 aliphatic carbocycles. The molecule has 0 saturated carbocycles. The fourth-order valence-electron chi connectivity index (χ4n) is 2.18. The van der Waals surface area contributed by atoms with E-state index in [0.29, 0.717) is 28.7 Å². The maximum atomic E-state index is 12.1. The molecule has 1 aromatic carbocycles. The van der Waals surface area contributed by atoms with Gasteiger partial charge < -0.3 is 10.4 Å². The number of carboxylic acid groups (broad SMARTS) is 1. The number of aliphatic carboxylic acids is 1. The lowest BCUT2D eigenvalue weighted by Crippen LogP contribution is -2.34. The Morgan fingerprint density at radius 3 is 2.57 bits per heavy atom. The maximum Gasteiger partial charge on any atom is 0.303 e. The summed E-state index contributed by atoms with van der Waals surface area (Å²) < 4.78 is 0. The van der Waals surface area contributed by atoms with Crippen molar-refractivity contribution in [1.29, 1.82) is 0 Å². The Kier molecular flexibility index (Phi) is 8.99. The third kappa shape index (κ3) is 8.21. The number of halogens is 2. The molecule has 0 radical (unpaired) electrons. The largest absolute Gasteiger partial charge is 0.481 e. The fraction of sp³-hybridized carbons (Fsp3) is 0.500. The van der Waals surface area contributed by atoms with Gasteiger partial charge in [0.05, 0.1) is 17.3 Å². The zero-order valence-corrected chi connectivity index (χ0v) is 14.7. The van der Waals surface area contributed by atoms with Gasteiger partial charge in [-0.2, -0.15) is 0 Å². The highest BCUT2D eigenvalue weighted by Gasteiger charge is 2.12. The van der Waals surface area contributed by atoms with Crippen molar-refractivity contribution < 1.29 is 14.7 Å². The van der Waals surface area contributed by atoms with Crippen LogP contribution >= 0.6 is 23.2 Å². The molecule has 1 amide bonds. The van der Waals surface area contributed by atoms with E-state index >= 15 is 0 Å². The summed E-state index contributed by atoms with van der Waals surface area (Å²) >= 11 is 11.9. The first kappa shape index (κ1) is 19.7. The molecule has 0 aliphatic rings. The van der Waals surface area contributed by atoms with Crippen molar-refractivity contribution in [2.75, 3.05) is 25.0 Å². The summed E-state index contributed by atoms with van der Waals surface area (Å²) in [5, 5.41) is 12.3. The van der Waals surface area contributed by atoms with Gasteiger partial charge in [-0.3, -0.25) is 14.5 Å². The average Bonchev–Trinajstić information content (AvgIpc) is 2.46. The lowest BCUT2D eigenvalue weighted by Gasteiger charge is -2.21. The molecule has 0 bridgehead atoms. The number of nitrogens with one attached hydrogen (secondary N) is 1. The molecule has 0 aliphatic heterocycles. The number of carbonyl (C=O) groups excluding carboxylic acids is 1. The molecule has 23 heavy (non-hydrogen) atoms. The summed E-state index contributed by atoms with van der Waals surface area (Å²) in [6.07, 6.45) is 2.45. The van der Waals surface area contributed by atoms with Gasteiger partial charge in [0.15, 0.2) is 0 Å². The van der Waals surface area contributed by atoms with Crippen molar-refractivity contribution in [1.82, 2.24) is 4.90 Å². The molecule has 5 nitrogen and oxygen atoms in total. The lowest BCUT2D eigenvalue weighted by atomic mass is 10.2. The van der Waals surface area contributed by atoms with E-state index in [1.165, 1.54) is 0 Å². The van der Waals surface area contributed by atoms with E-state index in [1.54, 1.807) is 18.2 Å². The molecule has 0 fully saturated rings. The molecule has 0 atom stereocenters. The van der Waals surface area contributed by atoms with Gasteiger partial charge >= 0.3 is 5.97 Å². The van der Waals surface area contributed by atoms with Gasteiger partial charge in [-0.05, 0) is 50.6 Å². The van der Waals surface area contributed by atoms with Crippen LogP contribution in [0.2, 0.25) is 10.0 Å². The van der Waals surface area contributed by atoms with Crippen LogP contribution in [0.25, 0.3) is 0 Å². The molecule has 0 aromatic heterocycles. The van der Waals surface area contributed by atoms with Crippen LogP contribution in [-0.4, -0.2) is 41.5 Å². The van der Waals surface area contributed by atoms with Crippen molar-refractivity contribution in [3.8, 4) is 0 Å². The van der Waals surface area contributed by atoms with Crippen LogP contribution in [0.15, 0.2) is 18.2 Å². The Bertz CT molecular complexity index is 538. The highest BCUT2D eigenvalue weighted by atomic mass is 35.5. The van der Waals surface area contributed by atoms with E-state index < -0.39 is 5.97 Å².